The molecule has 29 heavy (non-hydrogen) atoms. The predicted octanol–water partition coefficient (Wildman–Crippen LogP) is 6.69. The fraction of sp³-hybridized carbons (Fsp3) is 0.136. The van der Waals surface area contributed by atoms with Gasteiger partial charge in [0.25, 0.3) is 5.91 Å². The van der Waals surface area contributed by atoms with Crippen molar-refractivity contribution in [3.8, 4) is 5.75 Å². The number of nitrogens with one attached hydrogen (secondary N) is 2. The molecule has 0 atom stereocenters. The zero-order chi connectivity index (χ0) is 20.8. The van der Waals surface area contributed by atoms with E-state index in [9.17, 15) is 4.79 Å². The summed E-state index contributed by atoms with van der Waals surface area (Å²) in [6.45, 7) is 2.62. The Bertz CT molecular complexity index is 1010. The third kappa shape index (κ3) is 6.39. The molecule has 0 fully saturated rings. The molecule has 0 unspecified atom stereocenters. The van der Waals surface area contributed by atoms with Gasteiger partial charge in [0.05, 0.1) is 14.5 Å². The molecule has 0 aliphatic carbocycles. The summed E-state index contributed by atoms with van der Waals surface area (Å²) in [6, 6.07) is 18.9. The largest absolute Gasteiger partial charge is 0.483 e. The number of rotatable bonds is 7. The second-order valence-electron chi connectivity index (χ2n) is 6.45. The molecular formula is C22H19BrCl2N2O2. The SMILES string of the molecule is Cc1ccc(NCc2ccc(OCC(=O)Nc3ccc(Cl)c(Cl)c3)c(Br)c2)cc1. The molecule has 0 bridgehead atoms. The molecule has 3 rings (SSSR count). The van der Waals surface area contributed by atoms with Crippen molar-refractivity contribution in [2.45, 2.75) is 13.5 Å². The van der Waals surface area contributed by atoms with Gasteiger partial charge in [-0.15, -0.1) is 0 Å². The zero-order valence-corrected chi connectivity index (χ0v) is 18.7. The van der Waals surface area contributed by atoms with E-state index in [4.69, 9.17) is 27.9 Å². The molecule has 150 valence electrons. The molecule has 0 aliphatic rings. The number of anilines is 2. The summed E-state index contributed by atoms with van der Waals surface area (Å²) in [5.74, 6) is 0.300. The molecule has 3 aromatic carbocycles. The standard InChI is InChI=1S/C22H19BrCl2N2O2/c1-14-2-5-16(6-3-14)26-12-15-4-9-21(18(23)10-15)29-13-22(28)27-17-7-8-19(24)20(25)11-17/h2-11,26H,12-13H2,1H3,(H,27,28). The first-order valence-corrected chi connectivity index (χ1v) is 10.4. The van der Waals surface area contributed by atoms with Gasteiger partial charge in [0.15, 0.2) is 6.61 Å². The average molecular weight is 494 g/mol. The van der Waals surface area contributed by atoms with E-state index in [1.54, 1.807) is 18.2 Å². The number of benzene rings is 3. The van der Waals surface area contributed by atoms with Gasteiger partial charge in [-0.05, 0) is 70.9 Å². The first-order valence-electron chi connectivity index (χ1n) is 8.87. The molecule has 0 spiro atoms. The monoisotopic (exact) mass is 492 g/mol. The Morgan fingerprint density at radius 1 is 0.966 bits per heavy atom. The quantitative estimate of drug-likeness (QED) is 0.385. The van der Waals surface area contributed by atoms with Crippen LogP contribution in [0.3, 0.4) is 0 Å². The lowest BCUT2D eigenvalue weighted by Crippen LogP contribution is -2.20. The third-order valence-corrected chi connectivity index (χ3v) is 5.47. The fourth-order valence-corrected chi connectivity index (χ4v) is 3.40. The molecular weight excluding hydrogens is 475 g/mol. The number of ether oxygens (including phenoxy) is 1. The summed E-state index contributed by atoms with van der Waals surface area (Å²) in [7, 11) is 0. The molecule has 2 N–H and O–H groups in total. The van der Waals surface area contributed by atoms with Gasteiger partial charge >= 0.3 is 0 Å². The Hall–Kier alpha value is -2.21. The molecule has 0 radical (unpaired) electrons. The van der Waals surface area contributed by atoms with Crippen LogP contribution in [-0.4, -0.2) is 12.5 Å². The zero-order valence-electron chi connectivity index (χ0n) is 15.6. The highest BCUT2D eigenvalue weighted by molar-refractivity contribution is 9.10. The van der Waals surface area contributed by atoms with Gasteiger partial charge in [0, 0.05) is 17.9 Å². The topological polar surface area (TPSA) is 50.4 Å². The molecule has 7 heteroatoms. The lowest BCUT2D eigenvalue weighted by atomic mass is 10.2. The van der Waals surface area contributed by atoms with Crippen molar-refractivity contribution in [1.29, 1.82) is 0 Å². The number of aryl methyl sites for hydroxylation is 1. The highest BCUT2D eigenvalue weighted by atomic mass is 79.9. The number of halogens is 3. The van der Waals surface area contributed by atoms with Crippen molar-refractivity contribution in [2.75, 3.05) is 17.2 Å². The predicted molar refractivity (Wildman–Crippen MR) is 123 cm³/mol. The molecule has 1 amide bonds. The van der Waals surface area contributed by atoms with Crippen LogP contribution in [0.25, 0.3) is 0 Å². The van der Waals surface area contributed by atoms with Crippen LogP contribution in [0.15, 0.2) is 65.1 Å². The minimum atomic E-state index is -0.291. The smallest absolute Gasteiger partial charge is 0.262 e. The molecule has 0 saturated heterocycles. The molecule has 0 saturated carbocycles. The number of carbonyl (C=O) groups excluding carboxylic acids is 1. The van der Waals surface area contributed by atoms with Gasteiger partial charge in [0.1, 0.15) is 5.75 Å². The molecule has 0 aliphatic heterocycles. The van der Waals surface area contributed by atoms with Crippen molar-refractivity contribution in [3.63, 3.8) is 0 Å². The highest BCUT2D eigenvalue weighted by Gasteiger charge is 2.08. The average Bonchev–Trinajstić information content (AvgIpc) is 2.69. The Morgan fingerprint density at radius 3 is 2.38 bits per heavy atom. The number of amides is 1. The van der Waals surface area contributed by atoms with Crippen LogP contribution >= 0.6 is 39.1 Å². The van der Waals surface area contributed by atoms with Crippen molar-refractivity contribution in [3.05, 3.63) is 86.3 Å². The maximum Gasteiger partial charge on any atom is 0.262 e. The summed E-state index contributed by atoms with van der Waals surface area (Å²) < 4.78 is 6.40. The van der Waals surface area contributed by atoms with Crippen LogP contribution in [0.2, 0.25) is 10.0 Å². The van der Waals surface area contributed by atoms with Crippen LogP contribution in [0.1, 0.15) is 11.1 Å². The summed E-state index contributed by atoms with van der Waals surface area (Å²) in [5, 5.41) is 6.91. The fourth-order valence-electron chi connectivity index (χ4n) is 2.56. The van der Waals surface area contributed by atoms with Crippen molar-refractivity contribution in [2.24, 2.45) is 0 Å². The van der Waals surface area contributed by atoms with E-state index in [1.807, 2.05) is 30.3 Å². The minimum Gasteiger partial charge on any atom is -0.483 e. The summed E-state index contributed by atoms with van der Waals surface area (Å²) >= 11 is 15.3. The Morgan fingerprint density at radius 2 is 1.69 bits per heavy atom. The first kappa shape index (κ1) is 21.5. The Kier molecular flexibility index (Phi) is 7.42. The molecule has 0 aromatic heterocycles. The van der Waals surface area contributed by atoms with Gasteiger partial charge < -0.3 is 15.4 Å². The van der Waals surface area contributed by atoms with Crippen LogP contribution in [-0.2, 0) is 11.3 Å². The van der Waals surface area contributed by atoms with Crippen LogP contribution in [0.5, 0.6) is 5.75 Å². The summed E-state index contributed by atoms with van der Waals surface area (Å²) in [4.78, 5) is 12.1. The lowest BCUT2D eigenvalue weighted by Gasteiger charge is -2.11. The van der Waals surface area contributed by atoms with Crippen LogP contribution in [0.4, 0.5) is 11.4 Å². The van der Waals surface area contributed by atoms with Gasteiger partial charge in [-0.25, -0.2) is 0 Å². The second-order valence-corrected chi connectivity index (χ2v) is 8.12. The van der Waals surface area contributed by atoms with Crippen LogP contribution in [0, 0.1) is 6.92 Å². The molecule has 3 aromatic rings. The maximum atomic E-state index is 12.1. The van der Waals surface area contributed by atoms with Crippen LogP contribution < -0.4 is 15.4 Å². The van der Waals surface area contributed by atoms with Crippen molar-refractivity contribution in [1.82, 2.24) is 0 Å². The van der Waals surface area contributed by atoms with E-state index in [-0.39, 0.29) is 12.5 Å². The first-order chi connectivity index (χ1) is 13.9. The number of carbonyl (C=O) groups is 1. The van der Waals surface area contributed by atoms with E-state index in [2.05, 4.69) is 45.6 Å². The molecule has 4 nitrogen and oxygen atoms in total. The van der Waals surface area contributed by atoms with E-state index in [1.165, 1.54) is 5.56 Å². The number of hydrogen-bond donors (Lipinski definition) is 2. The Labute approximate surface area is 188 Å². The summed E-state index contributed by atoms with van der Waals surface area (Å²) in [5.41, 5.74) is 3.93. The van der Waals surface area contributed by atoms with Crippen molar-refractivity contribution >= 4 is 56.4 Å². The van der Waals surface area contributed by atoms with Gasteiger partial charge in [-0.1, -0.05) is 47.0 Å². The summed E-state index contributed by atoms with van der Waals surface area (Å²) in [6.07, 6.45) is 0. The van der Waals surface area contributed by atoms with Crippen molar-refractivity contribution < 1.29 is 9.53 Å². The second kappa shape index (κ2) is 10.0. The number of hydrogen-bond acceptors (Lipinski definition) is 3. The Balaban J connectivity index is 1.52. The van der Waals surface area contributed by atoms with Gasteiger partial charge in [-0.2, -0.15) is 0 Å². The third-order valence-electron chi connectivity index (χ3n) is 4.11. The van der Waals surface area contributed by atoms with E-state index >= 15 is 0 Å². The van der Waals surface area contributed by atoms with E-state index in [0.717, 1.165) is 15.7 Å². The van der Waals surface area contributed by atoms with Gasteiger partial charge in [-0.3, -0.25) is 4.79 Å². The molecule has 0 heterocycles. The lowest BCUT2D eigenvalue weighted by molar-refractivity contribution is -0.118. The van der Waals surface area contributed by atoms with Gasteiger partial charge in [0.2, 0.25) is 0 Å². The maximum absolute atomic E-state index is 12.1. The normalized spacial score (nSPS) is 10.5. The van der Waals surface area contributed by atoms with E-state index < -0.39 is 0 Å². The van der Waals surface area contributed by atoms with E-state index in [0.29, 0.717) is 28.0 Å². The minimum absolute atomic E-state index is 0.125. The highest BCUT2D eigenvalue weighted by Crippen LogP contribution is 2.27.